The minimum Gasteiger partial charge on any atom is -0.508 e. The first kappa shape index (κ1) is 49.2. The van der Waals surface area contributed by atoms with Gasteiger partial charge in [-0.1, -0.05) is 53.7 Å². The maximum Gasteiger partial charge on any atom is 0.326 e. The number of phenolic OH excluding ortho intramolecular Hbond substituents is 1. The van der Waals surface area contributed by atoms with Crippen LogP contribution in [0.25, 0.3) is 0 Å². The second-order valence-electron chi connectivity index (χ2n) is 18.0. The first-order valence-electron chi connectivity index (χ1n) is 20.3. The van der Waals surface area contributed by atoms with Gasteiger partial charge < -0.3 is 52.3 Å². The number of amides is 5. The molecule has 0 aliphatic carbocycles. The highest BCUT2D eigenvalue weighted by molar-refractivity contribution is 5.96. The lowest BCUT2D eigenvalue weighted by molar-refractivity contribution is -0.870. The fourth-order valence-corrected chi connectivity index (χ4v) is 6.79. The van der Waals surface area contributed by atoms with Gasteiger partial charge in [0, 0.05) is 25.4 Å². The van der Waals surface area contributed by atoms with Gasteiger partial charge in [0.25, 0.3) is 0 Å². The van der Waals surface area contributed by atoms with Gasteiger partial charge in [0.2, 0.25) is 29.5 Å². The molecule has 1 aromatic rings. The summed E-state index contributed by atoms with van der Waals surface area (Å²) < 4.78 is 0.758. The lowest BCUT2D eigenvalue weighted by Crippen LogP contribution is -2.61. The molecule has 2 rings (SSSR count). The molecule has 6 atom stereocenters. The number of rotatable bonds is 22. The number of carboxylic acids is 1. The van der Waals surface area contributed by atoms with E-state index in [0.717, 1.165) is 17.4 Å². The SMILES string of the molecule is CC(C)C[C@H](NC(=O)[C@@H](NC(=O)[C@H](Cc1ccc(O)cc1)NC(=O)[C@@H]1CCCN1C(=O)[C@H](CCCN=C(N)N)NC(=O)[C@@H](C)CCC[N+](C)(C)C)C(C)(C)C)C(=O)O. The number of aromatic hydroxyl groups is 1. The molecule has 0 spiro atoms. The molecule has 17 heteroatoms. The van der Waals surface area contributed by atoms with Gasteiger partial charge in [0.05, 0.1) is 27.7 Å². The number of aliphatic imine (C=N–C) groups is 1. The Bertz CT molecular complexity index is 1580. The van der Waals surface area contributed by atoms with E-state index in [-0.39, 0.29) is 61.8 Å². The highest BCUT2D eigenvalue weighted by atomic mass is 16.4. The molecule has 58 heavy (non-hydrogen) atoms. The standard InChI is InChI=1S/C41H69N9O8/c1-25(2)23-31(39(57)58)47-37(55)33(41(4,5)6)48-35(53)30(24-27-16-18-28(51)19-17-27)46-36(54)32-15-11-21-49(32)38(56)29(14-10-20-44-40(42)43)45-34(52)26(3)13-12-22-50(7,8)9/h16-19,25-26,29-33H,10-15,20-24H2,1-9H3,(H9-,42,43,44,45,46,47,48,51,52,53,54,55,57,58)/p+1/t26-,29-,30-,31-,32-,33+/m0/s1. The largest absolute Gasteiger partial charge is 0.508 e. The van der Waals surface area contributed by atoms with E-state index in [2.05, 4.69) is 47.4 Å². The number of carbonyl (C=O) groups excluding carboxylic acids is 5. The molecule has 0 aromatic heterocycles. The average molecular weight is 817 g/mol. The van der Waals surface area contributed by atoms with Gasteiger partial charge in [0.1, 0.15) is 36.0 Å². The number of hydrogen-bond acceptors (Lipinski definition) is 8. The zero-order valence-corrected chi connectivity index (χ0v) is 36.0. The number of guanidine groups is 1. The van der Waals surface area contributed by atoms with Crippen molar-refractivity contribution in [3.05, 3.63) is 29.8 Å². The maximum atomic E-state index is 14.2. The third-order valence-electron chi connectivity index (χ3n) is 10.1. The van der Waals surface area contributed by atoms with E-state index in [0.29, 0.717) is 31.2 Å². The Hall–Kier alpha value is -4.93. The Morgan fingerprint density at radius 1 is 0.862 bits per heavy atom. The van der Waals surface area contributed by atoms with E-state index in [1.54, 1.807) is 32.9 Å². The molecule has 1 aromatic carbocycles. The molecule has 5 amide bonds. The van der Waals surface area contributed by atoms with Gasteiger partial charge in [-0.15, -0.1) is 0 Å². The van der Waals surface area contributed by atoms with Crippen LogP contribution in [0.5, 0.6) is 5.75 Å². The molecule has 0 radical (unpaired) electrons. The molecule has 1 aliphatic rings. The van der Waals surface area contributed by atoms with E-state index >= 15 is 0 Å². The lowest BCUT2D eigenvalue weighted by atomic mass is 9.85. The van der Waals surface area contributed by atoms with Crippen LogP contribution in [0.2, 0.25) is 0 Å². The highest BCUT2D eigenvalue weighted by Crippen LogP contribution is 2.23. The van der Waals surface area contributed by atoms with Crippen LogP contribution in [0.3, 0.4) is 0 Å². The Morgan fingerprint density at radius 3 is 2.03 bits per heavy atom. The smallest absolute Gasteiger partial charge is 0.326 e. The van der Waals surface area contributed by atoms with Crippen LogP contribution in [0.4, 0.5) is 0 Å². The van der Waals surface area contributed by atoms with Crippen LogP contribution in [-0.2, 0) is 35.2 Å². The fraction of sp³-hybridized carbons (Fsp3) is 0.683. The first-order chi connectivity index (χ1) is 26.9. The van der Waals surface area contributed by atoms with Gasteiger partial charge in [-0.3, -0.25) is 29.0 Å². The predicted molar refractivity (Wildman–Crippen MR) is 222 cm³/mol. The van der Waals surface area contributed by atoms with E-state index in [4.69, 9.17) is 11.5 Å². The number of aliphatic carboxylic acids is 1. The molecule has 1 heterocycles. The lowest BCUT2D eigenvalue weighted by Gasteiger charge is -2.33. The van der Waals surface area contributed by atoms with Crippen molar-refractivity contribution in [2.45, 2.75) is 123 Å². The summed E-state index contributed by atoms with van der Waals surface area (Å²) in [6.07, 6.45) is 3.01. The summed E-state index contributed by atoms with van der Waals surface area (Å²) in [6.45, 7) is 12.0. The van der Waals surface area contributed by atoms with Crippen molar-refractivity contribution in [3.8, 4) is 5.75 Å². The summed E-state index contributed by atoms with van der Waals surface area (Å²) in [5, 5.41) is 30.7. The number of hydrogen-bond donors (Lipinski definition) is 8. The number of quaternary nitrogens is 1. The number of benzene rings is 1. The van der Waals surface area contributed by atoms with Crippen LogP contribution < -0.4 is 32.7 Å². The van der Waals surface area contributed by atoms with Crippen molar-refractivity contribution in [3.63, 3.8) is 0 Å². The Labute approximate surface area is 343 Å². The number of likely N-dealkylation sites (tertiary alicyclic amines) is 1. The van der Waals surface area contributed by atoms with E-state index < -0.39 is 65.2 Å². The van der Waals surface area contributed by atoms with Crippen molar-refractivity contribution in [1.82, 2.24) is 26.2 Å². The summed E-state index contributed by atoms with van der Waals surface area (Å²) in [4.78, 5) is 86.9. The van der Waals surface area contributed by atoms with Crippen LogP contribution in [0.15, 0.2) is 29.3 Å². The van der Waals surface area contributed by atoms with Gasteiger partial charge in [-0.2, -0.15) is 0 Å². The molecule has 10 N–H and O–H groups in total. The predicted octanol–water partition coefficient (Wildman–Crippen LogP) is 1.22. The molecule has 1 aliphatic heterocycles. The molecule has 0 saturated carbocycles. The Balaban J connectivity index is 2.37. The summed E-state index contributed by atoms with van der Waals surface area (Å²) in [7, 11) is 6.24. The second-order valence-corrected chi connectivity index (χ2v) is 18.0. The zero-order valence-electron chi connectivity index (χ0n) is 36.0. The zero-order chi connectivity index (χ0) is 44.0. The van der Waals surface area contributed by atoms with E-state index in [1.807, 2.05) is 20.8 Å². The minimum atomic E-state index is -1.24. The molecule has 0 bridgehead atoms. The van der Waals surface area contributed by atoms with Gasteiger partial charge in [-0.25, -0.2) is 4.79 Å². The second kappa shape index (κ2) is 22.3. The molecular formula is C41H70N9O8+. The van der Waals surface area contributed by atoms with E-state index in [1.165, 1.54) is 17.0 Å². The highest BCUT2D eigenvalue weighted by Gasteiger charge is 2.41. The number of phenols is 1. The normalized spacial score (nSPS) is 17.0. The topological polar surface area (TPSA) is 259 Å². The van der Waals surface area contributed by atoms with Crippen molar-refractivity contribution >= 4 is 41.5 Å². The minimum absolute atomic E-state index is 0.00578. The molecule has 1 fully saturated rings. The van der Waals surface area contributed by atoms with Crippen molar-refractivity contribution < 1.29 is 43.5 Å². The third kappa shape index (κ3) is 16.9. The first-order valence-corrected chi connectivity index (χ1v) is 20.3. The molecule has 0 unspecified atom stereocenters. The molecule has 1 saturated heterocycles. The van der Waals surface area contributed by atoms with Gasteiger partial charge in [0.15, 0.2) is 5.96 Å². The van der Waals surface area contributed by atoms with Crippen LogP contribution in [0, 0.1) is 17.3 Å². The number of carbonyl (C=O) groups is 6. The summed E-state index contributed by atoms with van der Waals surface area (Å²) >= 11 is 0. The monoisotopic (exact) mass is 817 g/mol. The van der Waals surface area contributed by atoms with Crippen LogP contribution in [-0.4, -0.2) is 132 Å². The molecule has 17 nitrogen and oxygen atoms in total. The Kier molecular flexibility index (Phi) is 18.9. The summed E-state index contributed by atoms with van der Waals surface area (Å²) in [6, 6.07) is 0.580. The van der Waals surface area contributed by atoms with Crippen LogP contribution in [0.1, 0.15) is 92.1 Å². The number of carboxylic acid groups (broad SMARTS) is 1. The van der Waals surface area contributed by atoms with E-state index in [9.17, 15) is 39.0 Å². The Morgan fingerprint density at radius 2 is 1.48 bits per heavy atom. The quantitative estimate of drug-likeness (QED) is 0.0359. The van der Waals surface area contributed by atoms with Crippen LogP contribution >= 0.6 is 0 Å². The fourth-order valence-electron chi connectivity index (χ4n) is 6.79. The van der Waals surface area contributed by atoms with Gasteiger partial charge >= 0.3 is 5.97 Å². The number of nitrogens with two attached hydrogens (primary N) is 2. The van der Waals surface area contributed by atoms with Crippen molar-refractivity contribution in [2.24, 2.45) is 33.7 Å². The van der Waals surface area contributed by atoms with Crippen molar-refractivity contribution in [1.29, 1.82) is 0 Å². The number of nitrogens with zero attached hydrogens (tertiary/aromatic N) is 3. The maximum absolute atomic E-state index is 14.2. The summed E-state index contributed by atoms with van der Waals surface area (Å²) in [5.41, 5.74) is 10.7. The third-order valence-corrected chi connectivity index (χ3v) is 10.1. The molecular weight excluding hydrogens is 747 g/mol. The average Bonchev–Trinajstić information content (AvgIpc) is 3.60. The summed E-state index contributed by atoms with van der Waals surface area (Å²) in [5.74, 6) is -4.37. The molecule has 326 valence electrons. The van der Waals surface area contributed by atoms with Crippen molar-refractivity contribution in [2.75, 3.05) is 40.8 Å². The van der Waals surface area contributed by atoms with Gasteiger partial charge in [-0.05, 0) is 74.0 Å². The number of nitrogens with one attached hydrogen (secondary N) is 4.